The van der Waals surface area contributed by atoms with Gasteiger partial charge in [0.25, 0.3) is 17.1 Å². The van der Waals surface area contributed by atoms with Crippen molar-refractivity contribution in [1.82, 2.24) is 90.0 Å². The Kier molecular flexibility index (Phi) is 25.6. The Hall–Kier alpha value is -13.3. The van der Waals surface area contributed by atoms with E-state index in [0.29, 0.717) is 187 Å². The number of methoxy groups -OCH3 is 3. The molecule has 0 bridgehead atoms. The summed E-state index contributed by atoms with van der Waals surface area (Å²) in [6.07, 6.45) is 20.5. The molecule has 0 radical (unpaired) electrons. The summed E-state index contributed by atoms with van der Waals surface area (Å²) in [4.78, 5) is 34.5. The van der Waals surface area contributed by atoms with Gasteiger partial charge in [0, 0.05) is 133 Å². The molecule has 18 rings (SSSR count). The lowest BCUT2D eigenvalue weighted by Gasteiger charge is -2.18. The first-order chi connectivity index (χ1) is 59.2. The van der Waals surface area contributed by atoms with Crippen molar-refractivity contribution >= 4 is 117 Å². The first-order valence-corrected chi connectivity index (χ1v) is 40.0. The third-order valence-electron chi connectivity index (χ3n) is 20.5. The first kappa shape index (κ1) is 87.1. The van der Waals surface area contributed by atoms with E-state index in [4.69, 9.17) is 69.6 Å². The molecule has 3 amide bonds. The van der Waals surface area contributed by atoms with Gasteiger partial charge < -0.3 is 29.5 Å². The number of aliphatic hydroxyl groups is 3. The van der Waals surface area contributed by atoms with Crippen LogP contribution in [-0.4, -0.2) is 167 Å². The van der Waals surface area contributed by atoms with Crippen LogP contribution in [0.25, 0.3) is 67.5 Å². The van der Waals surface area contributed by atoms with Gasteiger partial charge in [-0.3, -0.25) is 31.6 Å². The van der Waals surface area contributed by atoms with Gasteiger partial charge in [-0.1, -0.05) is 77.0 Å². The zero-order valence-corrected chi connectivity index (χ0v) is 69.7. The Balaban J connectivity index is 0.000000148. The van der Waals surface area contributed by atoms with Crippen molar-refractivity contribution in [2.75, 3.05) is 43.5 Å². The molecule has 3 unspecified atom stereocenters. The summed E-state index contributed by atoms with van der Waals surface area (Å²) in [6.45, 7) is 0. The summed E-state index contributed by atoms with van der Waals surface area (Å²) >= 11 is 38.5. The fraction of sp³-hybridized carbons (Fsp3) is 0.175. The lowest BCUT2D eigenvalue weighted by Crippen LogP contribution is -2.43. The molecule has 0 spiro atoms. The number of ether oxygens (including phenoxy) is 3. The number of rotatable bonds is 15. The molecule has 0 fully saturated rings. The van der Waals surface area contributed by atoms with E-state index >= 15 is 0 Å². The molecule has 9 aromatic heterocycles. The first-order valence-electron chi connectivity index (χ1n) is 36.6. The Morgan fingerprint density at radius 1 is 0.419 bits per heavy atom. The van der Waals surface area contributed by atoms with E-state index in [1.165, 1.54) is 112 Å². The number of nitrogens with zero attached hydrogens (tertiary/aromatic N) is 21. The van der Waals surface area contributed by atoms with E-state index in [2.05, 4.69) is 92.0 Å². The minimum absolute atomic E-state index is 0. The van der Waals surface area contributed by atoms with Gasteiger partial charge >= 0.3 is 18.3 Å². The van der Waals surface area contributed by atoms with E-state index in [1.807, 2.05) is 18.2 Å². The summed E-state index contributed by atoms with van der Waals surface area (Å²) in [6, 6.07) is 36.3. The number of anilines is 3. The normalized spacial score (nSPS) is 15.7. The number of fused-ring (bicyclic) bond motifs is 3. The number of amides is 3. The predicted octanol–water partition coefficient (Wildman–Crippen LogP) is 13.0. The highest BCUT2D eigenvalue weighted by molar-refractivity contribution is 7.93. The molecule has 3 atom stereocenters. The van der Waals surface area contributed by atoms with Gasteiger partial charge in [-0.15, -0.1) is 15.3 Å². The van der Waals surface area contributed by atoms with Gasteiger partial charge in [0.05, 0.1) is 106 Å². The second-order valence-electron chi connectivity index (χ2n) is 27.7. The number of tetrazole rings is 3. The van der Waals surface area contributed by atoms with Crippen molar-refractivity contribution in [3.05, 3.63) is 283 Å². The van der Waals surface area contributed by atoms with Crippen LogP contribution in [0.15, 0.2) is 202 Å². The lowest BCUT2D eigenvalue weighted by atomic mass is 9.93. The molecule has 15 aromatic rings. The zero-order chi connectivity index (χ0) is 86.8. The smallest absolute Gasteiger partial charge is 0.411 e. The fourth-order valence-corrected chi connectivity index (χ4v) is 16.2. The fourth-order valence-electron chi connectivity index (χ4n) is 14.9. The molecule has 9 heterocycles. The van der Waals surface area contributed by atoms with Crippen LogP contribution in [0.3, 0.4) is 0 Å². The van der Waals surface area contributed by atoms with Crippen LogP contribution in [0.4, 0.5) is 35.3 Å². The Morgan fingerprint density at radius 2 is 0.685 bits per heavy atom. The summed E-state index contributed by atoms with van der Waals surface area (Å²) in [5, 5.41) is 126. The Bertz CT molecular complexity index is 5920. The van der Waals surface area contributed by atoms with Gasteiger partial charge in [0.2, 0.25) is 18.6 Å². The largest absolute Gasteiger partial charge is 0.453 e. The van der Waals surface area contributed by atoms with Gasteiger partial charge in [-0.05, 0) is 197 Å². The summed E-state index contributed by atoms with van der Waals surface area (Å²) in [7, 11) is 3.81. The van der Waals surface area contributed by atoms with Crippen molar-refractivity contribution in [1.29, 1.82) is 0 Å². The molecule has 36 nitrogen and oxygen atoms in total. The lowest BCUT2D eigenvalue weighted by molar-refractivity contribution is -0.912. The van der Waals surface area contributed by atoms with Gasteiger partial charge in [-0.25, -0.2) is 28.4 Å². The van der Waals surface area contributed by atoms with Gasteiger partial charge in [0.15, 0.2) is 16.8 Å². The second-order valence-corrected chi connectivity index (χ2v) is 30.5. The summed E-state index contributed by atoms with van der Waals surface area (Å²) < 4.78 is 35.9. The number of carbonyl (C=O) groups excluding carboxylic acids is 3. The molecule has 9 N–H and O–H groups in total. The molecular weight excluding hydrogens is 1750 g/mol. The molecule has 0 saturated carbocycles. The van der Waals surface area contributed by atoms with Gasteiger partial charge in [-0.2, -0.15) is 33.2 Å². The molecule has 3 aliphatic rings. The van der Waals surface area contributed by atoms with Crippen molar-refractivity contribution in [2.45, 2.75) is 62.8 Å². The number of aryl methyl sites for hydroxylation is 3. The average molecular weight is 1820 g/mol. The minimum atomic E-state index is -1.51. The van der Waals surface area contributed by atoms with Crippen LogP contribution in [0, 0.1) is 0 Å². The predicted molar refractivity (Wildman–Crippen MR) is 450 cm³/mol. The van der Waals surface area contributed by atoms with E-state index in [-0.39, 0.29) is 19.6 Å². The van der Waals surface area contributed by atoms with E-state index in [9.17, 15) is 49.2 Å². The van der Waals surface area contributed by atoms with E-state index in [1.54, 1.807) is 128 Å². The van der Waals surface area contributed by atoms with Crippen molar-refractivity contribution < 1.29 is 77.6 Å². The average Bonchev–Trinajstić information content (AvgIpc) is 1.60. The molecule has 6 aromatic carbocycles. The molecule has 634 valence electrons. The quantitative estimate of drug-likeness (QED) is 0.0261. The number of halogens is 7. The molecular formula is C80H70Cl6FN24O12S+3. The standard InChI is InChI=1S/3C26H20Cl2N8O4.CH3FS.CH4/c3*1-40-25(37)31-19-3-5-23(21(28)10-19)34-13-17(11-30-34)26(38)7-6-15-8-16(12-36(39)24(15)26)20-9-18(27)2-4-22(20)35-14-29-32-33-35;1-3-2;/h3*2-5,8-14,38H,6-7H2,1H3,(H-,31,37,39);1H3;1H4/p+3. The maximum atomic E-state index is 11.8. The zero-order valence-electron chi connectivity index (χ0n) is 64.4. The van der Waals surface area contributed by atoms with Crippen LogP contribution in [0.5, 0.6) is 0 Å². The number of carbonyl (C=O) groups is 3. The minimum Gasteiger partial charge on any atom is -0.453 e. The van der Waals surface area contributed by atoms with Gasteiger partial charge in [0.1, 0.15) is 19.0 Å². The molecule has 0 aliphatic heterocycles. The summed E-state index contributed by atoms with van der Waals surface area (Å²) in [5.41, 5.74) is 9.31. The number of aromatic nitrogens is 21. The third kappa shape index (κ3) is 17.5. The maximum Gasteiger partial charge on any atom is 0.411 e. The SMILES string of the molecule is C.COC(=O)Nc1ccc(-n2cc(C3(O)CCc4cc(-c5cc(Cl)ccc5-n5cnnn5)c[n+](O)c43)cn2)c(Cl)c1.COC(=O)Nc1ccc(-n2cc(C3(O)CCc4cc(-c5cc(Cl)ccc5-n5cnnn5)c[n+](O)c43)cn2)c(Cl)c1.COC(=O)Nc1ccc(-n2cc(C3(O)CCc4cc(-c5cc(Cl)ccc5-n5cnnn5)c[n+](O)c43)cn2)c(Cl)c1.CSF. The van der Waals surface area contributed by atoms with Crippen LogP contribution in [0.1, 0.15) is 77.2 Å². The Morgan fingerprint density at radius 3 is 0.927 bits per heavy atom. The number of benzene rings is 6. The second kappa shape index (κ2) is 36.4. The number of pyridine rings is 3. The van der Waals surface area contributed by atoms with Crippen LogP contribution >= 0.6 is 81.8 Å². The Labute approximate surface area is 736 Å². The highest BCUT2D eigenvalue weighted by Crippen LogP contribution is 2.47. The summed E-state index contributed by atoms with van der Waals surface area (Å²) in [5.74, 6) is 0. The number of hydrogen-bond donors (Lipinski definition) is 9. The van der Waals surface area contributed by atoms with Crippen LogP contribution in [-0.2, 0) is 50.3 Å². The van der Waals surface area contributed by atoms with E-state index in [0.717, 1.165) is 30.9 Å². The van der Waals surface area contributed by atoms with E-state index < -0.39 is 35.1 Å². The monoisotopic (exact) mass is 1820 g/mol. The molecule has 124 heavy (non-hydrogen) atoms. The number of hydrogen-bond acceptors (Lipinski definition) is 25. The topological polar surface area (TPSA) is 432 Å². The molecule has 3 aliphatic carbocycles. The third-order valence-corrected chi connectivity index (χ3v) is 22.1. The number of nitrogens with one attached hydrogen (secondary N) is 3. The maximum absolute atomic E-state index is 11.8. The van der Waals surface area contributed by atoms with Crippen molar-refractivity contribution in [3.8, 4) is 67.5 Å². The van der Waals surface area contributed by atoms with Crippen LogP contribution in [0.2, 0.25) is 30.1 Å². The molecule has 44 heteroatoms. The van der Waals surface area contributed by atoms with Crippen molar-refractivity contribution in [2.24, 2.45) is 0 Å². The highest BCUT2D eigenvalue weighted by atomic mass is 35.5. The molecule has 0 saturated heterocycles. The highest BCUT2D eigenvalue weighted by Gasteiger charge is 2.52. The van der Waals surface area contributed by atoms with Crippen molar-refractivity contribution in [3.63, 3.8) is 0 Å². The van der Waals surface area contributed by atoms with Crippen LogP contribution < -0.4 is 30.1 Å².